The van der Waals surface area contributed by atoms with Crippen LogP contribution in [0.15, 0.2) is 16.5 Å². The smallest absolute Gasteiger partial charge is 0.195 e. The third kappa shape index (κ3) is 2.50. The van der Waals surface area contributed by atoms with E-state index in [1.165, 1.54) is 0 Å². The Hall–Kier alpha value is -0.730. The van der Waals surface area contributed by atoms with Crippen molar-refractivity contribution in [2.75, 3.05) is 5.88 Å². The lowest BCUT2D eigenvalue weighted by atomic mass is 10.2. The second kappa shape index (κ2) is 5.07. The SMILES string of the molecule is Cc1cc(Cl)cc2nc(CCCCCl)oc12. The Morgan fingerprint density at radius 1 is 1.31 bits per heavy atom. The first-order valence-corrected chi connectivity index (χ1v) is 6.23. The molecular weight excluding hydrogens is 245 g/mol. The predicted molar refractivity (Wildman–Crippen MR) is 67.4 cm³/mol. The zero-order valence-corrected chi connectivity index (χ0v) is 10.6. The van der Waals surface area contributed by atoms with E-state index in [1.54, 1.807) is 0 Å². The molecule has 0 fully saturated rings. The molecule has 0 aliphatic heterocycles. The van der Waals surface area contributed by atoms with E-state index in [1.807, 2.05) is 19.1 Å². The first-order valence-electron chi connectivity index (χ1n) is 5.32. The number of fused-ring (bicyclic) bond motifs is 1. The van der Waals surface area contributed by atoms with Crippen molar-refractivity contribution in [3.63, 3.8) is 0 Å². The highest BCUT2D eigenvalue weighted by Crippen LogP contribution is 2.24. The lowest BCUT2D eigenvalue weighted by Crippen LogP contribution is -1.85. The molecule has 2 nitrogen and oxygen atoms in total. The Labute approximate surface area is 105 Å². The van der Waals surface area contributed by atoms with Crippen LogP contribution in [0, 0.1) is 6.92 Å². The maximum atomic E-state index is 5.96. The third-order valence-electron chi connectivity index (χ3n) is 2.46. The van der Waals surface area contributed by atoms with E-state index in [0.29, 0.717) is 10.9 Å². The van der Waals surface area contributed by atoms with E-state index in [9.17, 15) is 0 Å². The number of benzene rings is 1. The number of aromatic nitrogens is 1. The number of rotatable bonds is 4. The second-order valence-electron chi connectivity index (χ2n) is 3.82. The van der Waals surface area contributed by atoms with Gasteiger partial charge >= 0.3 is 0 Å². The van der Waals surface area contributed by atoms with Gasteiger partial charge in [-0.3, -0.25) is 0 Å². The van der Waals surface area contributed by atoms with Gasteiger partial charge in [0.1, 0.15) is 5.52 Å². The van der Waals surface area contributed by atoms with Crippen molar-refractivity contribution in [2.24, 2.45) is 0 Å². The zero-order chi connectivity index (χ0) is 11.5. The van der Waals surface area contributed by atoms with E-state index in [-0.39, 0.29) is 0 Å². The second-order valence-corrected chi connectivity index (χ2v) is 4.64. The molecule has 0 unspecified atom stereocenters. The molecule has 86 valence electrons. The Bertz CT molecular complexity index is 493. The molecule has 0 saturated carbocycles. The molecule has 1 aromatic carbocycles. The topological polar surface area (TPSA) is 26.0 Å². The van der Waals surface area contributed by atoms with E-state index in [0.717, 1.165) is 41.8 Å². The van der Waals surface area contributed by atoms with Gasteiger partial charge in [-0.15, -0.1) is 11.6 Å². The normalized spacial score (nSPS) is 11.2. The lowest BCUT2D eigenvalue weighted by Gasteiger charge is -1.94. The van der Waals surface area contributed by atoms with E-state index in [4.69, 9.17) is 27.6 Å². The average Bonchev–Trinajstić information content (AvgIpc) is 2.61. The highest BCUT2D eigenvalue weighted by atomic mass is 35.5. The van der Waals surface area contributed by atoms with Crippen LogP contribution in [0.2, 0.25) is 5.02 Å². The molecule has 0 bridgehead atoms. The minimum absolute atomic E-state index is 0.686. The number of nitrogens with zero attached hydrogens (tertiary/aromatic N) is 1. The summed E-state index contributed by atoms with van der Waals surface area (Å²) >= 11 is 11.6. The molecule has 2 rings (SSSR count). The van der Waals surface area contributed by atoms with Gasteiger partial charge in [-0.2, -0.15) is 0 Å². The lowest BCUT2D eigenvalue weighted by molar-refractivity contribution is 0.516. The monoisotopic (exact) mass is 257 g/mol. The molecule has 2 aromatic rings. The van der Waals surface area contributed by atoms with Gasteiger partial charge in [0.15, 0.2) is 11.5 Å². The number of alkyl halides is 1. The first kappa shape index (κ1) is 11.7. The van der Waals surface area contributed by atoms with Crippen molar-refractivity contribution in [2.45, 2.75) is 26.2 Å². The number of aryl methyl sites for hydroxylation is 2. The zero-order valence-electron chi connectivity index (χ0n) is 9.09. The molecule has 1 heterocycles. The molecule has 4 heteroatoms. The maximum absolute atomic E-state index is 5.96. The van der Waals surface area contributed by atoms with Crippen LogP contribution in [0.3, 0.4) is 0 Å². The van der Waals surface area contributed by atoms with E-state index in [2.05, 4.69) is 4.98 Å². The van der Waals surface area contributed by atoms with Crippen LogP contribution in [0.5, 0.6) is 0 Å². The van der Waals surface area contributed by atoms with Gasteiger partial charge in [-0.1, -0.05) is 11.6 Å². The molecule has 16 heavy (non-hydrogen) atoms. The van der Waals surface area contributed by atoms with Gasteiger partial charge in [-0.05, 0) is 37.5 Å². The summed E-state index contributed by atoms with van der Waals surface area (Å²) in [5, 5.41) is 0.700. The molecule has 0 amide bonds. The van der Waals surface area contributed by atoms with Crippen molar-refractivity contribution in [1.82, 2.24) is 4.98 Å². The van der Waals surface area contributed by atoms with Gasteiger partial charge in [0.2, 0.25) is 0 Å². The van der Waals surface area contributed by atoms with Crippen LogP contribution < -0.4 is 0 Å². The van der Waals surface area contributed by atoms with Crippen LogP contribution in [0.25, 0.3) is 11.1 Å². The fourth-order valence-corrected chi connectivity index (χ4v) is 2.14. The first-order chi connectivity index (χ1) is 7.70. The number of hydrogen-bond acceptors (Lipinski definition) is 2. The Morgan fingerprint density at radius 2 is 2.12 bits per heavy atom. The van der Waals surface area contributed by atoms with Crippen LogP contribution in [0.4, 0.5) is 0 Å². The standard InChI is InChI=1S/C12H13Cl2NO/c1-8-6-9(14)7-10-12(8)16-11(15-10)4-2-3-5-13/h6-7H,2-5H2,1H3. The van der Waals surface area contributed by atoms with Gasteiger partial charge in [0.25, 0.3) is 0 Å². The maximum Gasteiger partial charge on any atom is 0.195 e. The molecule has 1 aromatic heterocycles. The van der Waals surface area contributed by atoms with Crippen LogP contribution >= 0.6 is 23.2 Å². The third-order valence-corrected chi connectivity index (χ3v) is 2.94. The summed E-state index contributed by atoms with van der Waals surface area (Å²) in [6.45, 7) is 1.97. The summed E-state index contributed by atoms with van der Waals surface area (Å²) in [7, 11) is 0. The molecular formula is C12H13Cl2NO. The summed E-state index contributed by atoms with van der Waals surface area (Å²) in [4.78, 5) is 4.41. The number of halogens is 2. The molecule has 0 N–H and O–H groups in total. The minimum atomic E-state index is 0.686. The van der Waals surface area contributed by atoms with E-state index >= 15 is 0 Å². The highest BCUT2D eigenvalue weighted by Gasteiger charge is 2.08. The predicted octanol–water partition coefficient (Wildman–Crippen LogP) is 4.35. The number of unbranched alkanes of at least 4 members (excludes halogenated alkanes) is 1. The van der Waals surface area contributed by atoms with Gasteiger partial charge in [0.05, 0.1) is 0 Å². The van der Waals surface area contributed by atoms with Crippen molar-refractivity contribution in [1.29, 1.82) is 0 Å². The summed E-state index contributed by atoms with van der Waals surface area (Å²) in [5.41, 5.74) is 2.70. The molecule has 0 aliphatic rings. The summed E-state index contributed by atoms with van der Waals surface area (Å²) in [6.07, 6.45) is 2.82. The fourth-order valence-electron chi connectivity index (χ4n) is 1.68. The quantitative estimate of drug-likeness (QED) is 0.601. The Morgan fingerprint density at radius 3 is 2.88 bits per heavy atom. The van der Waals surface area contributed by atoms with Crippen molar-refractivity contribution < 1.29 is 4.42 Å². The molecule has 0 atom stereocenters. The number of oxazole rings is 1. The molecule has 0 aliphatic carbocycles. The van der Waals surface area contributed by atoms with Crippen molar-refractivity contribution in [3.05, 3.63) is 28.6 Å². The highest BCUT2D eigenvalue weighted by molar-refractivity contribution is 6.31. The Balaban J connectivity index is 2.26. The number of hydrogen-bond donors (Lipinski definition) is 0. The molecule has 0 radical (unpaired) electrons. The summed E-state index contributed by atoms with van der Waals surface area (Å²) in [5.74, 6) is 1.45. The fraction of sp³-hybridized carbons (Fsp3) is 0.417. The van der Waals surface area contributed by atoms with Crippen LogP contribution in [-0.4, -0.2) is 10.9 Å². The van der Waals surface area contributed by atoms with Crippen LogP contribution in [-0.2, 0) is 6.42 Å². The summed E-state index contributed by atoms with van der Waals surface area (Å²) in [6, 6.07) is 3.72. The molecule has 0 spiro atoms. The van der Waals surface area contributed by atoms with Gasteiger partial charge < -0.3 is 4.42 Å². The van der Waals surface area contributed by atoms with E-state index < -0.39 is 0 Å². The minimum Gasteiger partial charge on any atom is -0.440 e. The Kier molecular flexibility index (Phi) is 3.72. The van der Waals surface area contributed by atoms with Crippen molar-refractivity contribution in [3.8, 4) is 0 Å². The summed E-state index contributed by atoms with van der Waals surface area (Å²) < 4.78 is 5.69. The molecule has 0 saturated heterocycles. The van der Waals surface area contributed by atoms with Gasteiger partial charge in [-0.25, -0.2) is 4.98 Å². The van der Waals surface area contributed by atoms with Crippen LogP contribution in [0.1, 0.15) is 24.3 Å². The average molecular weight is 258 g/mol. The van der Waals surface area contributed by atoms with Gasteiger partial charge in [0, 0.05) is 17.3 Å². The largest absolute Gasteiger partial charge is 0.440 e. The van der Waals surface area contributed by atoms with Crippen molar-refractivity contribution >= 4 is 34.3 Å².